The summed E-state index contributed by atoms with van der Waals surface area (Å²) in [5.41, 5.74) is 0. The number of hydrogen-bond donors (Lipinski definition) is 0. The van der Waals surface area contributed by atoms with Crippen molar-refractivity contribution < 1.29 is 48.9 Å². The van der Waals surface area contributed by atoms with E-state index in [1.807, 2.05) is 0 Å². The minimum atomic E-state index is -1.22. The molecule has 13 heavy (non-hydrogen) atoms. The first-order chi connectivity index (χ1) is 5.79. The van der Waals surface area contributed by atoms with Crippen LogP contribution in [-0.4, -0.2) is 19.2 Å². The van der Waals surface area contributed by atoms with Gasteiger partial charge in [-0.05, 0) is 0 Å². The standard InChI is InChI=1S/C7H6O4S.Na/c8-7(9)6-5-4(3-12-6)10-1-2-11-5;/h3H,1-2H2,(H,8,9);/q;+1/p-1. The summed E-state index contributed by atoms with van der Waals surface area (Å²) in [5, 5.41) is 12.1. The number of rotatable bonds is 1. The summed E-state index contributed by atoms with van der Waals surface area (Å²) in [7, 11) is 0. The van der Waals surface area contributed by atoms with E-state index in [0.717, 1.165) is 11.3 Å². The van der Waals surface area contributed by atoms with Crippen LogP contribution < -0.4 is 44.1 Å². The topological polar surface area (TPSA) is 58.6 Å². The van der Waals surface area contributed by atoms with E-state index in [0.29, 0.717) is 24.7 Å². The molecule has 0 radical (unpaired) electrons. The largest absolute Gasteiger partial charge is 1.00 e. The number of ether oxygens (including phenoxy) is 2. The molecule has 0 fully saturated rings. The second-order valence-electron chi connectivity index (χ2n) is 2.24. The van der Waals surface area contributed by atoms with Crippen LogP contribution in [0.25, 0.3) is 0 Å². The first-order valence-electron chi connectivity index (χ1n) is 3.37. The molecule has 4 nitrogen and oxygen atoms in total. The van der Waals surface area contributed by atoms with Crippen LogP contribution in [0.1, 0.15) is 9.67 Å². The Kier molecular flexibility index (Phi) is 3.61. The van der Waals surface area contributed by atoms with E-state index in [1.54, 1.807) is 5.38 Å². The number of carboxylic acid groups (broad SMARTS) is 1. The maximum atomic E-state index is 10.5. The van der Waals surface area contributed by atoms with Crippen LogP contribution in [0.3, 0.4) is 0 Å². The smallest absolute Gasteiger partial charge is 0.544 e. The fraction of sp³-hybridized carbons (Fsp3) is 0.286. The van der Waals surface area contributed by atoms with Crippen molar-refractivity contribution in [2.75, 3.05) is 13.2 Å². The van der Waals surface area contributed by atoms with Crippen LogP contribution in [0, 0.1) is 0 Å². The molecule has 1 aromatic heterocycles. The number of carboxylic acids is 1. The average Bonchev–Trinajstić information content (AvgIpc) is 2.47. The molecule has 1 aliphatic heterocycles. The molecule has 2 heterocycles. The van der Waals surface area contributed by atoms with Crippen LogP contribution in [0.2, 0.25) is 0 Å². The number of aromatic carboxylic acids is 1. The van der Waals surface area contributed by atoms with Crippen molar-refractivity contribution in [1.29, 1.82) is 0 Å². The summed E-state index contributed by atoms with van der Waals surface area (Å²) in [5.74, 6) is -0.400. The second kappa shape index (κ2) is 4.32. The Balaban J connectivity index is 0.000000845. The number of hydrogen-bond acceptors (Lipinski definition) is 5. The SMILES string of the molecule is O=C([O-])c1scc2c1OCCO2.[Na+]. The van der Waals surface area contributed by atoms with Gasteiger partial charge in [0.2, 0.25) is 0 Å². The quantitative estimate of drug-likeness (QED) is 0.458. The molecule has 64 valence electrons. The molecule has 0 saturated heterocycles. The molecule has 0 atom stereocenters. The van der Waals surface area contributed by atoms with E-state index < -0.39 is 5.97 Å². The Morgan fingerprint density at radius 1 is 1.46 bits per heavy atom. The second-order valence-corrected chi connectivity index (χ2v) is 3.12. The van der Waals surface area contributed by atoms with Gasteiger partial charge in [-0.15, -0.1) is 11.3 Å². The molecule has 0 saturated carbocycles. The maximum absolute atomic E-state index is 10.5. The predicted molar refractivity (Wildman–Crippen MR) is 39.6 cm³/mol. The first-order valence-corrected chi connectivity index (χ1v) is 4.25. The van der Waals surface area contributed by atoms with Crippen molar-refractivity contribution in [2.45, 2.75) is 0 Å². The third-order valence-corrected chi connectivity index (χ3v) is 2.41. The Labute approximate surface area is 101 Å². The van der Waals surface area contributed by atoms with Gasteiger partial charge in [0.15, 0.2) is 11.5 Å². The molecule has 0 N–H and O–H groups in total. The van der Waals surface area contributed by atoms with E-state index in [1.165, 1.54) is 0 Å². The number of carbonyl (C=O) groups excluding carboxylic acids is 1. The van der Waals surface area contributed by atoms with Crippen LogP contribution in [0.5, 0.6) is 11.5 Å². The molecule has 0 aromatic carbocycles. The summed E-state index contributed by atoms with van der Waals surface area (Å²) in [6.07, 6.45) is 0. The zero-order valence-electron chi connectivity index (χ0n) is 7.03. The van der Waals surface area contributed by atoms with Gasteiger partial charge in [0.05, 0.1) is 10.8 Å². The summed E-state index contributed by atoms with van der Waals surface area (Å²) in [6.45, 7) is 0.861. The number of thiophene rings is 1. The van der Waals surface area contributed by atoms with Gasteiger partial charge < -0.3 is 19.4 Å². The monoisotopic (exact) mass is 208 g/mol. The Morgan fingerprint density at radius 2 is 2.15 bits per heavy atom. The summed E-state index contributed by atoms with van der Waals surface area (Å²) in [6, 6.07) is 0. The van der Waals surface area contributed by atoms with E-state index in [-0.39, 0.29) is 34.4 Å². The van der Waals surface area contributed by atoms with Gasteiger partial charge in [-0.1, -0.05) is 0 Å². The third-order valence-electron chi connectivity index (χ3n) is 1.49. The van der Waals surface area contributed by atoms with Crippen LogP contribution >= 0.6 is 11.3 Å². The van der Waals surface area contributed by atoms with E-state index in [2.05, 4.69) is 0 Å². The maximum Gasteiger partial charge on any atom is 1.00 e. The molecule has 1 aliphatic rings. The summed E-state index contributed by atoms with van der Waals surface area (Å²) in [4.78, 5) is 10.6. The van der Waals surface area contributed by atoms with Crippen LogP contribution in [-0.2, 0) is 0 Å². The van der Waals surface area contributed by atoms with Gasteiger partial charge in [-0.2, -0.15) is 0 Å². The first kappa shape index (κ1) is 10.8. The van der Waals surface area contributed by atoms with Crippen LogP contribution in [0.15, 0.2) is 5.38 Å². The Morgan fingerprint density at radius 3 is 2.85 bits per heavy atom. The van der Waals surface area contributed by atoms with Crippen LogP contribution in [0.4, 0.5) is 0 Å². The molecule has 1 aromatic rings. The molecule has 0 unspecified atom stereocenters. The minimum absolute atomic E-state index is 0. The van der Waals surface area contributed by atoms with E-state index in [4.69, 9.17) is 9.47 Å². The zero-order valence-corrected chi connectivity index (χ0v) is 9.85. The molecular weight excluding hydrogens is 203 g/mol. The third kappa shape index (κ3) is 1.99. The molecule has 0 bridgehead atoms. The fourth-order valence-corrected chi connectivity index (χ4v) is 1.77. The normalized spacial score (nSPS) is 13.2. The van der Waals surface area contributed by atoms with Crippen molar-refractivity contribution in [3.8, 4) is 11.5 Å². The van der Waals surface area contributed by atoms with Gasteiger partial charge in [0.25, 0.3) is 0 Å². The Bertz CT molecular complexity index is 322. The number of carbonyl (C=O) groups is 1. The van der Waals surface area contributed by atoms with Crippen molar-refractivity contribution in [1.82, 2.24) is 0 Å². The molecule has 6 heteroatoms. The van der Waals surface area contributed by atoms with Gasteiger partial charge in [-0.3, -0.25) is 0 Å². The van der Waals surface area contributed by atoms with Crippen molar-refractivity contribution >= 4 is 17.3 Å². The molecular formula is C7H5NaO4S. The molecule has 0 aliphatic carbocycles. The van der Waals surface area contributed by atoms with Crippen molar-refractivity contribution in [3.63, 3.8) is 0 Å². The zero-order chi connectivity index (χ0) is 8.55. The van der Waals surface area contributed by atoms with Crippen molar-refractivity contribution in [2.24, 2.45) is 0 Å². The molecule has 0 amide bonds. The average molecular weight is 208 g/mol. The number of fused-ring (bicyclic) bond motifs is 1. The van der Waals surface area contributed by atoms with E-state index >= 15 is 0 Å². The van der Waals surface area contributed by atoms with Crippen molar-refractivity contribution in [3.05, 3.63) is 10.3 Å². The predicted octanol–water partition coefficient (Wildman–Crippen LogP) is -3.11. The Hall–Kier alpha value is -0.230. The van der Waals surface area contributed by atoms with Gasteiger partial charge >= 0.3 is 29.6 Å². The summed E-state index contributed by atoms with van der Waals surface area (Å²) < 4.78 is 10.3. The molecule has 0 spiro atoms. The van der Waals surface area contributed by atoms with Gasteiger partial charge in [-0.25, -0.2) is 0 Å². The van der Waals surface area contributed by atoms with Gasteiger partial charge in [0.1, 0.15) is 13.2 Å². The minimum Gasteiger partial charge on any atom is -0.544 e. The summed E-state index contributed by atoms with van der Waals surface area (Å²) >= 11 is 1.06. The fourth-order valence-electron chi connectivity index (χ4n) is 1.00. The van der Waals surface area contributed by atoms with E-state index in [9.17, 15) is 9.90 Å². The van der Waals surface area contributed by atoms with Gasteiger partial charge in [0, 0.05) is 5.38 Å². The molecule has 2 rings (SSSR count).